The number of carbonyl (C=O) groups excluding carboxylic acids is 1. The molecule has 0 saturated heterocycles. The molecule has 0 unspecified atom stereocenters. The Hall–Kier alpha value is -3.42. The lowest BCUT2D eigenvalue weighted by molar-refractivity contribution is -0.123. The summed E-state index contributed by atoms with van der Waals surface area (Å²) in [4.78, 5) is 24.4. The molecule has 1 aliphatic rings. The molecule has 0 atom stereocenters. The van der Waals surface area contributed by atoms with Crippen LogP contribution in [0.5, 0.6) is 5.75 Å². The number of amides is 1. The predicted octanol–water partition coefficient (Wildman–Crippen LogP) is 2.15. The van der Waals surface area contributed by atoms with Gasteiger partial charge in [0.05, 0.1) is 18.2 Å². The van der Waals surface area contributed by atoms with Crippen molar-refractivity contribution in [1.82, 2.24) is 20.3 Å². The second kappa shape index (κ2) is 7.90. The summed E-state index contributed by atoms with van der Waals surface area (Å²) >= 11 is 0. The molecule has 8 nitrogen and oxygen atoms in total. The van der Waals surface area contributed by atoms with Crippen LogP contribution in [0, 0.1) is 0 Å². The van der Waals surface area contributed by atoms with Crippen molar-refractivity contribution >= 4 is 5.91 Å². The van der Waals surface area contributed by atoms with E-state index in [2.05, 4.69) is 15.6 Å². The zero-order chi connectivity index (χ0) is 20.3. The van der Waals surface area contributed by atoms with E-state index in [1.165, 1.54) is 10.7 Å². The molecule has 1 N–H and O–H groups in total. The van der Waals surface area contributed by atoms with Gasteiger partial charge in [0, 0.05) is 37.0 Å². The number of hydrogen-bond acceptors (Lipinski definition) is 6. The first kappa shape index (κ1) is 18.9. The molecule has 4 rings (SSSR count). The molecule has 1 aliphatic carbocycles. The minimum Gasteiger partial charge on any atom is -0.497 e. The van der Waals surface area contributed by atoms with Crippen LogP contribution in [0.2, 0.25) is 0 Å². The molecule has 3 aromatic rings. The number of carbonyl (C=O) groups is 1. The van der Waals surface area contributed by atoms with Gasteiger partial charge in [-0.2, -0.15) is 5.10 Å². The molecular weight excluding hydrogens is 372 g/mol. The van der Waals surface area contributed by atoms with Gasteiger partial charge in [0.15, 0.2) is 5.76 Å². The van der Waals surface area contributed by atoms with Gasteiger partial charge in [0.2, 0.25) is 5.91 Å². The van der Waals surface area contributed by atoms with Gasteiger partial charge in [-0.15, -0.1) is 0 Å². The van der Waals surface area contributed by atoms with Gasteiger partial charge in [-0.05, 0) is 37.5 Å². The summed E-state index contributed by atoms with van der Waals surface area (Å²) in [6.07, 6.45) is 3.67. The number of ether oxygens (including phenoxy) is 1. The molecule has 8 heteroatoms. The molecule has 0 bridgehead atoms. The van der Waals surface area contributed by atoms with Crippen LogP contribution in [0.3, 0.4) is 0 Å². The van der Waals surface area contributed by atoms with Crippen LogP contribution < -0.4 is 15.6 Å². The van der Waals surface area contributed by atoms with Crippen molar-refractivity contribution < 1.29 is 14.1 Å². The van der Waals surface area contributed by atoms with Crippen LogP contribution in [0.25, 0.3) is 11.3 Å². The standard InChI is InChI=1S/C21H22N4O4/c1-28-16-6-2-5-15(13-16)17-14-18(24-29-17)21(8-9-21)20(27)22-10-4-12-25-19(26)7-3-11-23-25/h2-3,5-7,11,13-14H,4,8-10,12H2,1H3,(H,22,27). The Kier molecular flexibility index (Phi) is 5.16. The quantitative estimate of drug-likeness (QED) is 0.588. The fourth-order valence-electron chi connectivity index (χ4n) is 3.29. The molecule has 1 fully saturated rings. The van der Waals surface area contributed by atoms with Gasteiger partial charge in [-0.3, -0.25) is 9.59 Å². The Morgan fingerprint density at radius 1 is 1.28 bits per heavy atom. The number of nitrogens with one attached hydrogen (secondary N) is 1. The Morgan fingerprint density at radius 3 is 2.90 bits per heavy atom. The van der Waals surface area contributed by atoms with Crippen LogP contribution in [-0.2, 0) is 16.8 Å². The number of aryl methyl sites for hydroxylation is 1. The summed E-state index contributed by atoms with van der Waals surface area (Å²) in [5.41, 5.74) is 0.724. The first-order valence-electron chi connectivity index (χ1n) is 9.54. The van der Waals surface area contributed by atoms with E-state index in [4.69, 9.17) is 9.26 Å². The first-order valence-corrected chi connectivity index (χ1v) is 9.54. The minimum atomic E-state index is -0.623. The number of benzene rings is 1. The van der Waals surface area contributed by atoms with Crippen molar-refractivity contribution in [3.63, 3.8) is 0 Å². The zero-order valence-electron chi connectivity index (χ0n) is 16.1. The number of hydrogen-bond donors (Lipinski definition) is 1. The lowest BCUT2D eigenvalue weighted by Crippen LogP contribution is -2.36. The summed E-state index contributed by atoms with van der Waals surface area (Å²) in [5, 5.41) is 11.1. The van der Waals surface area contributed by atoms with E-state index < -0.39 is 5.41 Å². The summed E-state index contributed by atoms with van der Waals surface area (Å²) in [6, 6.07) is 12.4. The average Bonchev–Trinajstić information content (AvgIpc) is 3.41. The zero-order valence-corrected chi connectivity index (χ0v) is 16.1. The van der Waals surface area contributed by atoms with Crippen molar-refractivity contribution in [3.05, 3.63) is 64.7 Å². The molecular formula is C21H22N4O4. The number of aromatic nitrogens is 3. The molecule has 1 saturated carbocycles. The number of methoxy groups -OCH3 is 1. The van der Waals surface area contributed by atoms with E-state index >= 15 is 0 Å². The predicted molar refractivity (Wildman–Crippen MR) is 106 cm³/mol. The maximum Gasteiger partial charge on any atom is 0.266 e. The van der Waals surface area contributed by atoms with E-state index in [1.54, 1.807) is 19.4 Å². The van der Waals surface area contributed by atoms with Gasteiger partial charge in [-0.25, -0.2) is 4.68 Å². The van der Waals surface area contributed by atoms with Gasteiger partial charge in [0.1, 0.15) is 5.75 Å². The Bertz CT molecular complexity index is 1070. The maximum absolute atomic E-state index is 12.8. The Morgan fingerprint density at radius 2 is 2.14 bits per heavy atom. The largest absolute Gasteiger partial charge is 0.497 e. The minimum absolute atomic E-state index is 0.0589. The average molecular weight is 394 g/mol. The third kappa shape index (κ3) is 3.91. The van der Waals surface area contributed by atoms with E-state index in [0.29, 0.717) is 31.0 Å². The normalized spacial score (nSPS) is 14.4. The van der Waals surface area contributed by atoms with Gasteiger partial charge in [-0.1, -0.05) is 17.3 Å². The van der Waals surface area contributed by atoms with Crippen molar-refractivity contribution in [2.75, 3.05) is 13.7 Å². The van der Waals surface area contributed by atoms with Gasteiger partial charge in [0.25, 0.3) is 5.56 Å². The molecule has 0 radical (unpaired) electrons. The SMILES string of the molecule is COc1cccc(-c2cc(C3(C(=O)NCCCn4ncccc4=O)CC3)no2)c1. The van der Waals surface area contributed by atoms with Crippen molar-refractivity contribution in [2.45, 2.75) is 31.2 Å². The molecule has 29 heavy (non-hydrogen) atoms. The second-order valence-corrected chi connectivity index (χ2v) is 7.08. The van der Waals surface area contributed by atoms with E-state index in [0.717, 1.165) is 24.2 Å². The fourth-order valence-corrected chi connectivity index (χ4v) is 3.29. The summed E-state index contributed by atoms with van der Waals surface area (Å²) in [6.45, 7) is 0.918. The third-order valence-corrected chi connectivity index (χ3v) is 5.16. The number of rotatable bonds is 8. The van der Waals surface area contributed by atoms with E-state index in [-0.39, 0.29) is 11.5 Å². The smallest absolute Gasteiger partial charge is 0.266 e. The number of nitrogens with zero attached hydrogens (tertiary/aromatic N) is 3. The molecule has 150 valence electrons. The third-order valence-electron chi connectivity index (χ3n) is 5.16. The molecule has 0 spiro atoms. The van der Waals surface area contributed by atoms with E-state index in [9.17, 15) is 9.59 Å². The molecule has 1 aromatic carbocycles. The van der Waals surface area contributed by atoms with E-state index in [1.807, 2.05) is 30.3 Å². The molecule has 0 aliphatic heterocycles. The highest BCUT2D eigenvalue weighted by molar-refractivity contribution is 5.91. The van der Waals surface area contributed by atoms with Crippen LogP contribution in [0.15, 0.2) is 58.0 Å². The topological polar surface area (TPSA) is 99.2 Å². The van der Waals surface area contributed by atoms with Crippen LogP contribution in [0.4, 0.5) is 0 Å². The lowest BCUT2D eigenvalue weighted by Gasteiger charge is -2.12. The van der Waals surface area contributed by atoms with Crippen LogP contribution >= 0.6 is 0 Å². The lowest BCUT2D eigenvalue weighted by atomic mass is 10.0. The fraction of sp³-hybridized carbons (Fsp3) is 0.333. The second-order valence-electron chi connectivity index (χ2n) is 7.08. The summed E-state index contributed by atoms with van der Waals surface area (Å²) < 4.78 is 12.1. The monoisotopic (exact) mass is 394 g/mol. The Balaban J connectivity index is 1.37. The van der Waals surface area contributed by atoms with Crippen LogP contribution in [0.1, 0.15) is 25.0 Å². The highest BCUT2D eigenvalue weighted by atomic mass is 16.5. The van der Waals surface area contributed by atoms with Crippen molar-refractivity contribution in [2.24, 2.45) is 0 Å². The van der Waals surface area contributed by atoms with Crippen molar-refractivity contribution in [3.8, 4) is 17.1 Å². The molecule has 2 aromatic heterocycles. The molecule has 1 amide bonds. The van der Waals surface area contributed by atoms with Gasteiger partial charge < -0.3 is 14.6 Å². The maximum atomic E-state index is 12.8. The van der Waals surface area contributed by atoms with Crippen molar-refractivity contribution in [1.29, 1.82) is 0 Å². The Labute approximate surface area is 167 Å². The highest BCUT2D eigenvalue weighted by Crippen LogP contribution is 2.48. The first-order chi connectivity index (χ1) is 14.1. The highest BCUT2D eigenvalue weighted by Gasteiger charge is 2.53. The summed E-state index contributed by atoms with van der Waals surface area (Å²) in [5.74, 6) is 1.27. The van der Waals surface area contributed by atoms with Crippen LogP contribution in [-0.4, -0.2) is 34.5 Å². The molecule has 2 heterocycles. The van der Waals surface area contributed by atoms with Gasteiger partial charge >= 0.3 is 0 Å². The summed E-state index contributed by atoms with van der Waals surface area (Å²) in [7, 11) is 1.61.